The highest BCUT2D eigenvalue weighted by Gasteiger charge is 2.27. The normalized spacial score (nSPS) is 17.4. The molecule has 0 aromatic heterocycles. The van der Waals surface area contributed by atoms with Crippen LogP contribution in [0.3, 0.4) is 0 Å². The number of carbonyl (C=O) groups excluding carboxylic acids is 3. The van der Waals surface area contributed by atoms with Crippen molar-refractivity contribution in [2.75, 3.05) is 38.5 Å². The molecule has 0 radical (unpaired) electrons. The van der Waals surface area contributed by atoms with Gasteiger partial charge >= 0.3 is 0 Å². The van der Waals surface area contributed by atoms with Crippen molar-refractivity contribution >= 4 is 35.0 Å². The lowest BCUT2D eigenvalue weighted by molar-refractivity contribution is -0.135. The first kappa shape index (κ1) is 19.2. The van der Waals surface area contributed by atoms with Gasteiger partial charge in [-0.15, -0.1) is 0 Å². The van der Waals surface area contributed by atoms with Gasteiger partial charge in [0.25, 0.3) is 0 Å². The second kappa shape index (κ2) is 8.82. The molecule has 8 heteroatoms. The summed E-state index contributed by atoms with van der Waals surface area (Å²) >= 11 is 5.80. The number of nitrogens with two attached hydrogens (primary N) is 1. The predicted octanol–water partition coefficient (Wildman–Crippen LogP) is 0.934. The van der Waals surface area contributed by atoms with Gasteiger partial charge in [-0.05, 0) is 44.2 Å². The summed E-state index contributed by atoms with van der Waals surface area (Å²) in [4.78, 5) is 39.0. The van der Waals surface area contributed by atoms with Gasteiger partial charge in [-0.3, -0.25) is 19.3 Å². The first-order valence-electron chi connectivity index (χ1n) is 8.16. The summed E-state index contributed by atoms with van der Waals surface area (Å²) in [6.45, 7) is 1.17. The van der Waals surface area contributed by atoms with Crippen molar-refractivity contribution in [2.24, 2.45) is 11.7 Å². The number of rotatable bonds is 6. The summed E-state index contributed by atoms with van der Waals surface area (Å²) in [6, 6.07) is 6.80. The summed E-state index contributed by atoms with van der Waals surface area (Å²) in [5.41, 5.74) is 5.98. The molecule has 0 spiro atoms. The highest BCUT2D eigenvalue weighted by molar-refractivity contribution is 6.30. The number of amides is 3. The summed E-state index contributed by atoms with van der Waals surface area (Å²) in [6.07, 6.45) is 1.48. The second-order valence-electron chi connectivity index (χ2n) is 6.31. The Bertz CT molecular complexity index is 635. The number of nitrogens with zero attached hydrogens (tertiary/aromatic N) is 2. The van der Waals surface area contributed by atoms with Crippen molar-refractivity contribution in [1.29, 1.82) is 0 Å². The van der Waals surface area contributed by atoms with Gasteiger partial charge in [0, 0.05) is 23.8 Å². The molecule has 3 amide bonds. The van der Waals surface area contributed by atoms with Gasteiger partial charge in [-0.1, -0.05) is 11.6 Å². The van der Waals surface area contributed by atoms with Crippen LogP contribution in [0.4, 0.5) is 5.69 Å². The number of likely N-dealkylation sites (N-methyl/N-ethyl adjacent to an activating group) is 1. The van der Waals surface area contributed by atoms with Gasteiger partial charge < -0.3 is 16.0 Å². The maximum atomic E-state index is 12.3. The molecular formula is C17H23ClN4O3. The van der Waals surface area contributed by atoms with Crippen LogP contribution in [-0.2, 0) is 14.4 Å². The fourth-order valence-corrected chi connectivity index (χ4v) is 2.93. The lowest BCUT2D eigenvalue weighted by Crippen LogP contribution is -2.47. The lowest BCUT2D eigenvalue weighted by Gasteiger charge is -2.32. The first-order valence-corrected chi connectivity index (χ1v) is 8.54. The number of anilines is 1. The Morgan fingerprint density at radius 1 is 1.28 bits per heavy atom. The van der Waals surface area contributed by atoms with Crippen molar-refractivity contribution < 1.29 is 14.4 Å². The van der Waals surface area contributed by atoms with Crippen LogP contribution in [0.5, 0.6) is 0 Å². The minimum Gasteiger partial charge on any atom is -0.369 e. The molecule has 7 nitrogen and oxygen atoms in total. The number of benzene rings is 1. The van der Waals surface area contributed by atoms with Crippen LogP contribution in [0.25, 0.3) is 0 Å². The van der Waals surface area contributed by atoms with Crippen LogP contribution in [0.15, 0.2) is 24.3 Å². The van der Waals surface area contributed by atoms with E-state index in [-0.39, 0.29) is 36.7 Å². The summed E-state index contributed by atoms with van der Waals surface area (Å²) < 4.78 is 0. The zero-order valence-electron chi connectivity index (χ0n) is 14.2. The fourth-order valence-electron chi connectivity index (χ4n) is 2.80. The third-order valence-corrected chi connectivity index (χ3v) is 4.38. The molecule has 0 aliphatic carbocycles. The summed E-state index contributed by atoms with van der Waals surface area (Å²) in [7, 11) is 1.70. The van der Waals surface area contributed by atoms with Crippen LogP contribution < -0.4 is 11.1 Å². The van der Waals surface area contributed by atoms with E-state index in [4.69, 9.17) is 17.3 Å². The zero-order valence-corrected chi connectivity index (χ0v) is 15.0. The largest absolute Gasteiger partial charge is 0.369 e. The molecule has 1 aromatic rings. The van der Waals surface area contributed by atoms with E-state index in [1.165, 1.54) is 0 Å². The van der Waals surface area contributed by atoms with Gasteiger partial charge in [0.05, 0.1) is 19.0 Å². The zero-order chi connectivity index (χ0) is 18.4. The number of hydrogen-bond acceptors (Lipinski definition) is 4. The molecule has 0 saturated carbocycles. The topological polar surface area (TPSA) is 95.7 Å². The van der Waals surface area contributed by atoms with Crippen LogP contribution in [0.2, 0.25) is 5.02 Å². The summed E-state index contributed by atoms with van der Waals surface area (Å²) in [5, 5.41) is 3.34. The quantitative estimate of drug-likeness (QED) is 0.783. The van der Waals surface area contributed by atoms with E-state index in [2.05, 4.69) is 5.32 Å². The van der Waals surface area contributed by atoms with E-state index < -0.39 is 0 Å². The Kier molecular flexibility index (Phi) is 6.78. The average molecular weight is 367 g/mol. The van der Waals surface area contributed by atoms with Crippen molar-refractivity contribution in [3.05, 3.63) is 29.3 Å². The monoisotopic (exact) mass is 366 g/mol. The number of hydrogen-bond donors (Lipinski definition) is 2. The van der Waals surface area contributed by atoms with Gasteiger partial charge in [0.2, 0.25) is 17.7 Å². The Hall–Kier alpha value is -2.12. The van der Waals surface area contributed by atoms with Gasteiger partial charge in [-0.25, -0.2) is 0 Å². The fraction of sp³-hybridized carbons (Fsp3) is 0.471. The second-order valence-corrected chi connectivity index (χ2v) is 6.75. The maximum Gasteiger partial charge on any atom is 0.238 e. The number of halogens is 1. The lowest BCUT2D eigenvalue weighted by atomic mass is 9.97. The molecular weight excluding hydrogens is 344 g/mol. The standard InChI is InChI=1S/C17H23ClN4O3/c1-21(10-15(23)20-14-6-4-13(18)5-7-14)11-16(24)22-8-2-3-12(9-22)17(19)25/h4-7,12H,2-3,8-11H2,1H3,(H2,19,25)(H,20,23)/t12-/m0/s1. The van der Waals surface area contributed by atoms with Crippen LogP contribution >= 0.6 is 11.6 Å². The van der Waals surface area contributed by atoms with E-state index in [1.54, 1.807) is 41.1 Å². The molecule has 1 aliphatic heterocycles. The molecule has 1 aliphatic rings. The third kappa shape index (κ3) is 6.03. The van der Waals surface area contributed by atoms with E-state index in [9.17, 15) is 14.4 Å². The van der Waals surface area contributed by atoms with Gasteiger partial charge in [0.15, 0.2) is 0 Å². The minimum atomic E-state index is -0.367. The smallest absolute Gasteiger partial charge is 0.238 e. The number of nitrogens with one attached hydrogen (secondary N) is 1. The number of likely N-dealkylation sites (tertiary alicyclic amines) is 1. The van der Waals surface area contributed by atoms with Crippen molar-refractivity contribution in [1.82, 2.24) is 9.80 Å². The highest BCUT2D eigenvalue weighted by atomic mass is 35.5. The molecule has 2 rings (SSSR count). The molecule has 3 N–H and O–H groups in total. The molecule has 0 unspecified atom stereocenters. The first-order chi connectivity index (χ1) is 11.8. The average Bonchev–Trinajstić information content (AvgIpc) is 2.56. The molecule has 1 aromatic carbocycles. The Morgan fingerprint density at radius 3 is 2.60 bits per heavy atom. The Balaban J connectivity index is 1.79. The van der Waals surface area contributed by atoms with E-state index in [1.807, 2.05) is 0 Å². The molecule has 25 heavy (non-hydrogen) atoms. The molecule has 136 valence electrons. The van der Waals surface area contributed by atoms with Gasteiger partial charge in [-0.2, -0.15) is 0 Å². The molecule has 1 heterocycles. The van der Waals surface area contributed by atoms with Crippen LogP contribution in [0.1, 0.15) is 12.8 Å². The molecule has 1 fully saturated rings. The van der Waals surface area contributed by atoms with Crippen molar-refractivity contribution in [3.8, 4) is 0 Å². The minimum absolute atomic E-state index is 0.0848. The molecule has 1 saturated heterocycles. The van der Waals surface area contributed by atoms with Crippen molar-refractivity contribution in [3.63, 3.8) is 0 Å². The van der Waals surface area contributed by atoms with Crippen molar-refractivity contribution in [2.45, 2.75) is 12.8 Å². The number of primary amides is 1. The molecule has 0 bridgehead atoms. The number of carbonyl (C=O) groups is 3. The van der Waals surface area contributed by atoms with Crippen LogP contribution in [-0.4, -0.2) is 60.7 Å². The van der Waals surface area contributed by atoms with E-state index in [0.717, 1.165) is 12.8 Å². The van der Waals surface area contributed by atoms with E-state index >= 15 is 0 Å². The van der Waals surface area contributed by atoms with Gasteiger partial charge in [0.1, 0.15) is 0 Å². The van der Waals surface area contributed by atoms with E-state index in [0.29, 0.717) is 23.8 Å². The third-order valence-electron chi connectivity index (χ3n) is 4.12. The Labute approximate surface area is 152 Å². The predicted molar refractivity (Wildman–Crippen MR) is 96.1 cm³/mol. The SMILES string of the molecule is CN(CC(=O)Nc1ccc(Cl)cc1)CC(=O)N1CCC[C@H](C(N)=O)C1. The molecule has 1 atom stereocenters. The maximum absolute atomic E-state index is 12.3. The van der Waals surface area contributed by atoms with Crippen LogP contribution in [0, 0.1) is 5.92 Å². The number of piperidine rings is 1. The highest BCUT2D eigenvalue weighted by Crippen LogP contribution is 2.16. The summed E-state index contributed by atoms with van der Waals surface area (Å²) in [5.74, 6) is -0.969. The Morgan fingerprint density at radius 2 is 1.96 bits per heavy atom.